The first-order valence-corrected chi connectivity index (χ1v) is 10.5. The van der Waals surface area contributed by atoms with E-state index in [-0.39, 0.29) is 30.0 Å². The molecule has 0 saturated carbocycles. The van der Waals surface area contributed by atoms with E-state index >= 15 is 0 Å². The van der Waals surface area contributed by atoms with Gasteiger partial charge in [0, 0.05) is 17.9 Å². The van der Waals surface area contributed by atoms with E-state index in [1.807, 2.05) is 66.7 Å². The topological polar surface area (TPSA) is 62.6 Å². The van der Waals surface area contributed by atoms with Crippen LogP contribution < -0.4 is 10.2 Å². The third-order valence-electron chi connectivity index (χ3n) is 4.83. The molecule has 5 nitrogen and oxygen atoms in total. The maximum Gasteiger partial charge on any atom is 0.240 e. The standard InChI is InChI=1S/C23H22N2O3S/c26-22(24-13-12-17-7-2-1-3-8-17)16-25-18-9-4-5-11-20(18)29-21(15-23(25)27)19-10-6-14-28-19/h1-11,14,21H,12-13,15-16H2,(H,24,26). The van der Waals surface area contributed by atoms with Crippen molar-refractivity contribution in [2.75, 3.05) is 18.0 Å². The number of carbonyl (C=O) groups excluding carboxylic acids is 2. The fourth-order valence-electron chi connectivity index (χ4n) is 3.37. The van der Waals surface area contributed by atoms with Gasteiger partial charge in [-0.1, -0.05) is 42.5 Å². The quantitative estimate of drug-likeness (QED) is 0.666. The number of hydrogen-bond acceptors (Lipinski definition) is 4. The molecule has 148 valence electrons. The molecule has 0 aliphatic carbocycles. The van der Waals surface area contributed by atoms with Gasteiger partial charge >= 0.3 is 0 Å². The molecule has 29 heavy (non-hydrogen) atoms. The third-order valence-corrected chi connectivity index (χ3v) is 6.11. The predicted molar refractivity (Wildman–Crippen MR) is 114 cm³/mol. The highest BCUT2D eigenvalue weighted by Crippen LogP contribution is 2.45. The highest BCUT2D eigenvalue weighted by Gasteiger charge is 2.31. The Morgan fingerprint density at radius 3 is 2.66 bits per heavy atom. The lowest BCUT2D eigenvalue weighted by molar-refractivity contribution is -0.123. The molecule has 1 atom stereocenters. The third kappa shape index (κ3) is 4.71. The van der Waals surface area contributed by atoms with Gasteiger partial charge < -0.3 is 14.6 Å². The summed E-state index contributed by atoms with van der Waals surface area (Å²) in [4.78, 5) is 28.1. The Morgan fingerprint density at radius 1 is 1.07 bits per heavy atom. The molecule has 1 aliphatic rings. The lowest BCUT2D eigenvalue weighted by Crippen LogP contribution is -2.41. The zero-order valence-electron chi connectivity index (χ0n) is 15.9. The number of thioether (sulfide) groups is 1. The lowest BCUT2D eigenvalue weighted by Gasteiger charge is -2.22. The second-order valence-corrected chi connectivity index (χ2v) is 8.10. The summed E-state index contributed by atoms with van der Waals surface area (Å²) in [5, 5.41) is 2.82. The van der Waals surface area contributed by atoms with Gasteiger partial charge in [0.2, 0.25) is 11.8 Å². The van der Waals surface area contributed by atoms with Crippen molar-refractivity contribution in [2.24, 2.45) is 0 Å². The number of benzene rings is 2. The van der Waals surface area contributed by atoms with Crippen molar-refractivity contribution in [2.45, 2.75) is 23.0 Å². The second kappa shape index (κ2) is 9.01. The lowest BCUT2D eigenvalue weighted by atomic mass is 10.1. The normalized spacial score (nSPS) is 16.2. The van der Waals surface area contributed by atoms with E-state index in [2.05, 4.69) is 5.32 Å². The molecule has 1 unspecified atom stereocenters. The molecule has 3 aromatic rings. The van der Waals surface area contributed by atoms with Crippen LogP contribution in [0.2, 0.25) is 0 Å². The SMILES string of the molecule is O=C(CN1C(=O)CC(c2ccco2)Sc2ccccc21)NCCc1ccccc1. The Bertz CT molecular complexity index is 973. The van der Waals surface area contributed by atoms with E-state index in [9.17, 15) is 9.59 Å². The van der Waals surface area contributed by atoms with Crippen molar-refractivity contribution in [3.63, 3.8) is 0 Å². The summed E-state index contributed by atoms with van der Waals surface area (Å²) in [5.41, 5.74) is 1.94. The number of amides is 2. The maximum atomic E-state index is 13.0. The first kappa shape index (κ1) is 19.3. The summed E-state index contributed by atoms with van der Waals surface area (Å²) in [6.07, 6.45) is 2.66. The zero-order valence-corrected chi connectivity index (χ0v) is 16.7. The van der Waals surface area contributed by atoms with Crippen LogP contribution >= 0.6 is 11.8 Å². The van der Waals surface area contributed by atoms with Gasteiger partial charge in [-0.3, -0.25) is 9.59 Å². The monoisotopic (exact) mass is 406 g/mol. The predicted octanol–water partition coefficient (Wildman–Crippen LogP) is 4.21. The molecule has 0 spiro atoms. The minimum Gasteiger partial charge on any atom is -0.468 e. The molecule has 2 amide bonds. The highest BCUT2D eigenvalue weighted by atomic mass is 32.2. The van der Waals surface area contributed by atoms with Crippen LogP contribution in [0.15, 0.2) is 82.3 Å². The van der Waals surface area contributed by atoms with Gasteiger partial charge in [-0.25, -0.2) is 0 Å². The van der Waals surface area contributed by atoms with Crippen LogP contribution in [-0.4, -0.2) is 24.9 Å². The summed E-state index contributed by atoms with van der Waals surface area (Å²) in [6, 6.07) is 21.4. The fourth-order valence-corrected chi connectivity index (χ4v) is 4.61. The molecule has 0 radical (unpaired) electrons. The molecule has 0 saturated heterocycles. The van der Waals surface area contributed by atoms with E-state index < -0.39 is 0 Å². The number of para-hydroxylation sites is 1. The smallest absolute Gasteiger partial charge is 0.240 e. The van der Waals surface area contributed by atoms with Crippen LogP contribution in [0.5, 0.6) is 0 Å². The Morgan fingerprint density at radius 2 is 1.86 bits per heavy atom. The summed E-state index contributed by atoms with van der Waals surface area (Å²) in [7, 11) is 0. The largest absolute Gasteiger partial charge is 0.468 e. The van der Waals surface area contributed by atoms with Gasteiger partial charge in [0.05, 0.1) is 17.2 Å². The molecule has 1 aliphatic heterocycles. The number of nitrogens with one attached hydrogen (secondary N) is 1. The summed E-state index contributed by atoms with van der Waals surface area (Å²) in [6.45, 7) is 0.548. The second-order valence-electron chi connectivity index (χ2n) is 6.86. The van der Waals surface area contributed by atoms with Crippen LogP contribution in [0.1, 0.15) is 23.0 Å². The summed E-state index contributed by atoms with van der Waals surface area (Å²) >= 11 is 1.60. The van der Waals surface area contributed by atoms with E-state index in [0.29, 0.717) is 6.54 Å². The average Bonchev–Trinajstić information content (AvgIpc) is 3.23. The number of nitrogens with zero attached hydrogens (tertiary/aromatic N) is 1. The van der Waals surface area contributed by atoms with Crippen molar-refractivity contribution in [1.29, 1.82) is 0 Å². The zero-order chi connectivity index (χ0) is 20.1. The molecule has 2 aromatic carbocycles. The summed E-state index contributed by atoms with van der Waals surface area (Å²) in [5.74, 6) is 0.528. The molecule has 4 rings (SSSR count). The van der Waals surface area contributed by atoms with Gasteiger partial charge in [-0.15, -0.1) is 11.8 Å². The number of carbonyl (C=O) groups is 2. The minimum absolute atomic E-state index is 0.00999. The van der Waals surface area contributed by atoms with Crippen molar-refractivity contribution < 1.29 is 14.0 Å². The molecular formula is C23H22N2O3S. The van der Waals surface area contributed by atoms with Crippen LogP contribution in [0.25, 0.3) is 0 Å². The highest BCUT2D eigenvalue weighted by molar-refractivity contribution is 7.99. The van der Waals surface area contributed by atoms with Crippen molar-refractivity contribution in [1.82, 2.24) is 5.32 Å². The molecule has 6 heteroatoms. The summed E-state index contributed by atoms with van der Waals surface area (Å²) < 4.78 is 5.53. The molecule has 2 heterocycles. The molecule has 1 N–H and O–H groups in total. The Kier molecular flexibility index (Phi) is 6.00. The molecular weight excluding hydrogens is 384 g/mol. The number of anilines is 1. The Balaban J connectivity index is 1.45. The van der Waals surface area contributed by atoms with Gasteiger partial charge in [0.25, 0.3) is 0 Å². The maximum absolute atomic E-state index is 13.0. The van der Waals surface area contributed by atoms with E-state index in [1.165, 1.54) is 5.56 Å². The Hall–Kier alpha value is -2.99. The molecule has 0 fully saturated rings. The van der Waals surface area contributed by atoms with Gasteiger partial charge in [0.15, 0.2) is 0 Å². The van der Waals surface area contributed by atoms with Crippen molar-refractivity contribution >= 4 is 29.3 Å². The Labute approximate surface area is 174 Å². The molecule has 0 bridgehead atoms. The average molecular weight is 407 g/mol. The van der Waals surface area contributed by atoms with Gasteiger partial charge in [0.1, 0.15) is 12.3 Å². The van der Waals surface area contributed by atoms with Crippen LogP contribution in [0.4, 0.5) is 5.69 Å². The van der Waals surface area contributed by atoms with E-state index in [1.54, 1.807) is 22.9 Å². The minimum atomic E-state index is -0.162. The van der Waals surface area contributed by atoms with Gasteiger partial charge in [-0.05, 0) is 36.2 Å². The first-order valence-electron chi connectivity index (χ1n) is 9.61. The van der Waals surface area contributed by atoms with Crippen LogP contribution in [-0.2, 0) is 16.0 Å². The number of rotatable bonds is 6. The van der Waals surface area contributed by atoms with Crippen molar-refractivity contribution in [3.05, 3.63) is 84.3 Å². The van der Waals surface area contributed by atoms with Gasteiger partial charge in [-0.2, -0.15) is 0 Å². The molecule has 1 aromatic heterocycles. The number of fused-ring (bicyclic) bond motifs is 1. The van der Waals surface area contributed by atoms with Crippen LogP contribution in [0.3, 0.4) is 0 Å². The van der Waals surface area contributed by atoms with E-state index in [0.717, 1.165) is 22.8 Å². The van der Waals surface area contributed by atoms with Crippen LogP contribution in [0, 0.1) is 0 Å². The van der Waals surface area contributed by atoms with Crippen molar-refractivity contribution in [3.8, 4) is 0 Å². The van der Waals surface area contributed by atoms with E-state index in [4.69, 9.17) is 4.42 Å². The fraction of sp³-hybridized carbons (Fsp3) is 0.217. The number of hydrogen-bond donors (Lipinski definition) is 1. The number of furan rings is 1. The first-order chi connectivity index (χ1) is 14.2.